The third kappa shape index (κ3) is 2.29. The maximum absolute atomic E-state index is 12.1. The number of hydrogen-bond acceptors (Lipinski definition) is 4. The van der Waals surface area contributed by atoms with E-state index in [4.69, 9.17) is 0 Å². The van der Waals surface area contributed by atoms with Gasteiger partial charge in [0.2, 0.25) is 0 Å². The molecule has 0 bridgehead atoms. The molecule has 1 N–H and O–H groups in total. The van der Waals surface area contributed by atoms with Gasteiger partial charge in [0.15, 0.2) is 0 Å². The summed E-state index contributed by atoms with van der Waals surface area (Å²) in [4.78, 5) is 27.2. The summed E-state index contributed by atoms with van der Waals surface area (Å²) < 4.78 is 4.68. The molecule has 1 amide bonds. The predicted octanol–water partition coefficient (Wildman–Crippen LogP) is 2.44. The standard InChI is InChI=1S/C15H10N2O3/c18-14-7-6-10(9-20-14)15(19)17-13-5-1-4-12-11(13)3-2-8-16-12/h1-9H,(H,17,19). The van der Waals surface area contributed by atoms with Gasteiger partial charge in [-0.1, -0.05) is 6.07 Å². The van der Waals surface area contributed by atoms with E-state index >= 15 is 0 Å². The summed E-state index contributed by atoms with van der Waals surface area (Å²) in [5.41, 5.74) is 1.25. The van der Waals surface area contributed by atoms with Crippen LogP contribution < -0.4 is 10.9 Å². The maximum atomic E-state index is 12.1. The molecule has 5 nitrogen and oxygen atoms in total. The van der Waals surface area contributed by atoms with E-state index in [1.54, 1.807) is 18.3 Å². The van der Waals surface area contributed by atoms with Crippen LogP contribution in [0.15, 0.2) is 64.1 Å². The molecule has 5 heteroatoms. The summed E-state index contributed by atoms with van der Waals surface area (Å²) >= 11 is 0. The van der Waals surface area contributed by atoms with Crippen molar-refractivity contribution in [2.75, 3.05) is 5.32 Å². The molecule has 20 heavy (non-hydrogen) atoms. The number of aromatic nitrogens is 1. The van der Waals surface area contributed by atoms with Gasteiger partial charge in [0.05, 0.1) is 16.8 Å². The van der Waals surface area contributed by atoms with E-state index in [-0.39, 0.29) is 11.5 Å². The summed E-state index contributed by atoms with van der Waals surface area (Å²) in [5, 5.41) is 3.63. The topological polar surface area (TPSA) is 72.2 Å². The lowest BCUT2D eigenvalue weighted by Gasteiger charge is -2.07. The number of benzene rings is 1. The lowest BCUT2D eigenvalue weighted by atomic mass is 10.1. The Kier molecular flexibility index (Phi) is 3.01. The van der Waals surface area contributed by atoms with Crippen molar-refractivity contribution >= 4 is 22.5 Å². The van der Waals surface area contributed by atoms with Crippen molar-refractivity contribution in [3.05, 3.63) is 70.9 Å². The minimum atomic E-state index is -0.490. The minimum absolute atomic E-state index is 0.283. The van der Waals surface area contributed by atoms with Crippen LogP contribution in [0.25, 0.3) is 10.9 Å². The van der Waals surface area contributed by atoms with Gasteiger partial charge in [0.25, 0.3) is 5.91 Å². The normalized spacial score (nSPS) is 10.4. The average Bonchev–Trinajstić information content (AvgIpc) is 2.48. The van der Waals surface area contributed by atoms with Gasteiger partial charge in [-0.15, -0.1) is 0 Å². The fourth-order valence-corrected chi connectivity index (χ4v) is 1.89. The lowest BCUT2D eigenvalue weighted by Crippen LogP contribution is -2.13. The molecular formula is C15H10N2O3. The molecular weight excluding hydrogens is 256 g/mol. The van der Waals surface area contributed by atoms with Crippen molar-refractivity contribution in [3.63, 3.8) is 0 Å². The molecule has 0 radical (unpaired) electrons. The third-order valence-corrected chi connectivity index (χ3v) is 2.86. The number of anilines is 1. The SMILES string of the molecule is O=C(Nc1cccc2ncccc12)c1ccc(=O)oc1. The van der Waals surface area contributed by atoms with Crippen LogP contribution in [0.3, 0.4) is 0 Å². The summed E-state index contributed by atoms with van der Waals surface area (Å²) in [6, 6.07) is 11.8. The highest BCUT2D eigenvalue weighted by Crippen LogP contribution is 2.21. The Balaban J connectivity index is 1.95. The van der Waals surface area contributed by atoms with Crippen LogP contribution in [-0.4, -0.2) is 10.9 Å². The second-order valence-electron chi connectivity index (χ2n) is 4.17. The van der Waals surface area contributed by atoms with Gasteiger partial charge in [-0.25, -0.2) is 4.79 Å². The van der Waals surface area contributed by atoms with Gasteiger partial charge in [-0.3, -0.25) is 9.78 Å². The molecule has 1 aromatic carbocycles. The largest absolute Gasteiger partial charge is 0.430 e. The first kappa shape index (κ1) is 12.1. The Morgan fingerprint density at radius 3 is 2.80 bits per heavy atom. The zero-order valence-corrected chi connectivity index (χ0v) is 10.4. The van der Waals surface area contributed by atoms with E-state index in [0.29, 0.717) is 5.69 Å². The predicted molar refractivity (Wildman–Crippen MR) is 74.7 cm³/mol. The van der Waals surface area contributed by atoms with Crippen molar-refractivity contribution < 1.29 is 9.21 Å². The van der Waals surface area contributed by atoms with E-state index < -0.39 is 5.63 Å². The van der Waals surface area contributed by atoms with Crippen molar-refractivity contribution in [2.45, 2.75) is 0 Å². The first-order valence-electron chi connectivity index (χ1n) is 5.98. The summed E-state index contributed by atoms with van der Waals surface area (Å²) in [7, 11) is 0. The molecule has 2 heterocycles. The number of amides is 1. The molecule has 0 aliphatic heterocycles. The van der Waals surface area contributed by atoms with Gasteiger partial charge >= 0.3 is 5.63 Å². The minimum Gasteiger partial charge on any atom is -0.430 e. The van der Waals surface area contributed by atoms with E-state index in [9.17, 15) is 9.59 Å². The molecule has 98 valence electrons. The highest BCUT2D eigenvalue weighted by atomic mass is 16.4. The number of fused-ring (bicyclic) bond motifs is 1. The average molecular weight is 266 g/mol. The quantitative estimate of drug-likeness (QED) is 0.773. The van der Waals surface area contributed by atoms with Crippen LogP contribution in [0.2, 0.25) is 0 Å². The van der Waals surface area contributed by atoms with Crippen molar-refractivity contribution in [1.82, 2.24) is 4.98 Å². The Labute approximate surface area is 113 Å². The molecule has 0 spiro atoms. The van der Waals surface area contributed by atoms with E-state index in [1.165, 1.54) is 12.1 Å². The number of nitrogens with zero attached hydrogens (tertiary/aromatic N) is 1. The lowest BCUT2D eigenvalue weighted by molar-refractivity contribution is 0.102. The van der Waals surface area contributed by atoms with Gasteiger partial charge in [-0.2, -0.15) is 0 Å². The number of carbonyl (C=O) groups excluding carboxylic acids is 1. The fourth-order valence-electron chi connectivity index (χ4n) is 1.89. The molecule has 0 aliphatic rings. The van der Waals surface area contributed by atoms with Crippen LogP contribution in [0, 0.1) is 0 Å². The second-order valence-corrected chi connectivity index (χ2v) is 4.17. The maximum Gasteiger partial charge on any atom is 0.335 e. The Bertz CT molecular complexity index is 814. The molecule has 0 unspecified atom stereocenters. The van der Waals surface area contributed by atoms with E-state index in [0.717, 1.165) is 17.2 Å². The van der Waals surface area contributed by atoms with Gasteiger partial charge < -0.3 is 9.73 Å². The number of hydrogen-bond donors (Lipinski definition) is 1. The van der Waals surface area contributed by atoms with Crippen LogP contribution in [-0.2, 0) is 0 Å². The van der Waals surface area contributed by atoms with Crippen molar-refractivity contribution in [1.29, 1.82) is 0 Å². The summed E-state index contributed by atoms with van der Waals surface area (Å²) in [6.07, 6.45) is 2.83. The van der Waals surface area contributed by atoms with Gasteiger partial charge in [0, 0.05) is 17.6 Å². The van der Waals surface area contributed by atoms with Crippen LogP contribution in [0.1, 0.15) is 10.4 Å². The Morgan fingerprint density at radius 2 is 2.00 bits per heavy atom. The summed E-state index contributed by atoms with van der Waals surface area (Å²) in [5.74, 6) is -0.342. The first-order chi connectivity index (χ1) is 9.74. The Morgan fingerprint density at radius 1 is 1.10 bits per heavy atom. The van der Waals surface area contributed by atoms with Crippen LogP contribution in [0.5, 0.6) is 0 Å². The molecule has 3 rings (SSSR count). The van der Waals surface area contributed by atoms with Crippen LogP contribution >= 0.6 is 0 Å². The highest BCUT2D eigenvalue weighted by Gasteiger charge is 2.09. The molecule has 0 saturated heterocycles. The van der Waals surface area contributed by atoms with Crippen molar-refractivity contribution in [3.8, 4) is 0 Å². The fraction of sp³-hybridized carbons (Fsp3) is 0. The van der Waals surface area contributed by atoms with Gasteiger partial charge in [0.1, 0.15) is 6.26 Å². The first-order valence-corrected chi connectivity index (χ1v) is 5.98. The Hall–Kier alpha value is -2.95. The highest BCUT2D eigenvalue weighted by molar-refractivity contribution is 6.08. The van der Waals surface area contributed by atoms with Crippen molar-refractivity contribution in [2.24, 2.45) is 0 Å². The van der Waals surface area contributed by atoms with Crippen LogP contribution in [0.4, 0.5) is 5.69 Å². The third-order valence-electron chi connectivity index (χ3n) is 2.86. The molecule has 0 aliphatic carbocycles. The molecule has 2 aromatic heterocycles. The monoisotopic (exact) mass is 266 g/mol. The number of rotatable bonds is 2. The van der Waals surface area contributed by atoms with E-state index in [1.807, 2.05) is 18.2 Å². The molecule has 3 aromatic rings. The zero-order valence-electron chi connectivity index (χ0n) is 10.4. The van der Waals surface area contributed by atoms with Gasteiger partial charge in [-0.05, 0) is 30.3 Å². The number of carbonyl (C=O) groups is 1. The second kappa shape index (κ2) is 4.97. The molecule has 0 fully saturated rings. The number of pyridine rings is 1. The number of nitrogens with one attached hydrogen (secondary N) is 1. The summed E-state index contributed by atoms with van der Waals surface area (Å²) in [6.45, 7) is 0. The smallest absolute Gasteiger partial charge is 0.335 e. The zero-order chi connectivity index (χ0) is 13.9. The van der Waals surface area contributed by atoms with E-state index in [2.05, 4.69) is 14.7 Å². The molecule has 0 atom stereocenters. The molecule has 0 saturated carbocycles.